The molecule has 1 aliphatic heterocycles. The SMILES string of the molecule is COc1ccc(OC)c([C@H]2CCCN2CC(=O)Nc2ccccc2OC)c1. The second-order valence-corrected chi connectivity index (χ2v) is 6.48. The highest BCUT2D eigenvalue weighted by atomic mass is 16.5. The largest absolute Gasteiger partial charge is 0.497 e. The van der Waals surface area contributed by atoms with Crippen molar-refractivity contribution in [3.05, 3.63) is 48.0 Å². The number of nitrogens with one attached hydrogen (secondary N) is 1. The molecule has 0 unspecified atom stereocenters. The molecule has 1 aliphatic rings. The summed E-state index contributed by atoms with van der Waals surface area (Å²) in [6.07, 6.45) is 2.01. The number of para-hydroxylation sites is 2. The second kappa shape index (κ2) is 8.77. The van der Waals surface area contributed by atoms with Gasteiger partial charge in [-0.05, 0) is 49.7 Å². The van der Waals surface area contributed by atoms with Crippen molar-refractivity contribution in [1.82, 2.24) is 4.90 Å². The molecule has 1 N–H and O–H groups in total. The normalized spacial score (nSPS) is 16.8. The molecule has 1 fully saturated rings. The minimum atomic E-state index is -0.0618. The predicted molar refractivity (Wildman–Crippen MR) is 105 cm³/mol. The summed E-state index contributed by atoms with van der Waals surface area (Å²) in [7, 11) is 4.91. The van der Waals surface area contributed by atoms with Crippen LogP contribution in [0.1, 0.15) is 24.4 Å². The Balaban J connectivity index is 1.74. The average molecular weight is 370 g/mol. The molecule has 1 amide bonds. The maximum Gasteiger partial charge on any atom is 0.238 e. The molecule has 144 valence electrons. The van der Waals surface area contributed by atoms with Gasteiger partial charge in [-0.3, -0.25) is 9.69 Å². The Kier molecular flexibility index (Phi) is 6.19. The summed E-state index contributed by atoms with van der Waals surface area (Å²) in [4.78, 5) is 14.8. The first kappa shape index (κ1) is 19.0. The van der Waals surface area contributed by atoms with Crippen molar-refractivity contribution >= 4 is 11.6 Å². The zero-order valence-corrected chi connectivity index (χ0v) is 16.0. The maximum absolute atomic E-state index is 12.6. The Hall–Kier alpha value is -2.73. The maximum atomic E-state index is 12.6. The molecule has 0 saturated carbocycles. The molecule has 0 bridgehead atoms. The Morgan fingerprint density at radius 2 is 1.85 bits per heavy atom. The van der Waals surface area contributed by atoms with E-state index in [1.165, 1.54) is 0 Å². The van der Waals surface area contributed by atoms with Gasteiger partial charge in [-0.25, -0.2) is 0 Å². The highest BCUT2D eigenvalue weighted by molar-refractivity contribution is 5.93. The van der Waals surface area contributed by atoms with Crippen molar-refractivity contribution in [2.45, 2.75) is 18.9 Å². The van der Waals surface area contributed by atoms with Crippen molar-refractivity contribution in [2.24, 2.45) is 0 Å². The van der Waals surface area contributed by atoms with Gasteiger partial charge in [0, 0.05) is 11.6 Å². The van der Waals surface area contributed by atoms with E-state index in [4.69, 9.17) is 14.2 Å². The predicted octanol–water partition coefficient (Wildman–Crippen LogP) is 3.49. The smallest absolute Gasteiger partial charge is 0.238 e. The topological polar surface area (TPSA) is 60.0 Å². The minimum Gasteiger partial charge on any atom is -0.497 e. The van der Waals surface area contributed by atoms with Crippen LogP contribution in [-0.4, -0.2) is 45.2 Å². The van der Waals surface area contributed by atoms with Crippen molar-refractivity contribution in [2.75, 3.05) is 39.7 Å². The first-order chi connectivity index (χ1) is 13.2. The van der Waals surface area contributed by atoms with Gasteiger partial charge in [0.05, 0.1) is 33.6 Å². The molecule has 0 spiro atoms. The van der Waals surface area contributed by atoms with E-state index in [2.05, 4.69) is 10.2 Å². The summed E-state index contributed by atoms with van der Waals surface area (Å²) in [5.74, 6) is 2.19. The highest BCUT2D eigenvalue weighted by Crippen LogP contribution is 2.38. The third-order valence-corrected chi connectivity index (χ3v) is 4.89. The van der Waals surface area contributed by atoms with Gasteiger partial charge >= 0.3 is 0 Å². The monoisotopic (exact) mass is 370 g/mol. The second-order valence-electron chi connectivity index (χ2n) is 6.48. The van der Waals surface area contributed by atoms with Crippen LogP contribution in [0.15, 0.2) is 42.5 Å². The standard InChI is InChI=1S/C21H26N2O4/c1-25-15-10-11-19(26-2)16(13-15)18-8-6-12-23(18)14-21(24)22-17-7-4-5-9-20(17)27-3/h4-5,7,9-11,13,18H,6,8,12,14H2,1-3H3,(H,22,24)/t18-/m1/s1. The van der Waals surface area contributed by atoms with E-state index >= 15 is 0 Å². The Bertz CT molecular complexity index is 794. The number of rotatable bonds is 7. The zero-order chi connectivity index (χ0) is 19.2. The lowest BCUT2D eigenvalue weighted by atomic mass is 10.0. The van der Waals surface area contributed by atoms with Gasteiger partial charge in [0.15, 0.2) is 0 Å². The quantitative estimate of drug-likeness (QED) is 0.808. The molecular weight excluding hydrogens is 344 g/mol. The van der Waals surface area contributed by atoms with Crippen molar-refractivity contribution < 1.29 is 19.0 Å². The molecule has 0 radical (unpaired) electrons. The van der Waals surface area contributed by atoms with Crippen molar-refractivity contribution in [3.63, 3.8) is 0 Å². The third-order valence-electron chi connectivity index (χ3n) is 4.89. The number of carbonyl (C=O) groups is 1. The van der Waals surface area contributed by atoms with Crippen LogP contribution in [0.4, 0.5) is 5.69 Å². The molecule has 1 heterocycles. The Labute approximate surface area is 160 Å². The Morgan fingerprint density at radius 3 is 2.59 bits per heavy atom. The molecule has 2 aromatic carbocycles. The fourth-order valence-electron chi connectivity index (χ4n) is 3.59. The van der Waals surface area contributed by atoms with Crippen LogP contribution in [0, 0.1) is 0 Å². The molecular formula is C21H26N2O4. The summed E-state index contributed by atoms with van der Waals surface area (Å²) in [5, 5.41) is 2.95. The summed E-state index contributed by atoms with van der Waals surface area (Å²) in [5.41, 5.74) is 1.74. The molecule has 0 aromatic heterocycles. The van der Waals surface area contributed by atoms with E-state index in [0.29, 0.717) is 18.0 Å². The van der Waals surface area contributed by atoms with Crippen LogP contribution in [0.3, 0.4) is 0 Å². The van der Waals surface area contributed by atoms with Gasteiger partial charge in [0.1, 0.15) is 17.2 Å². The first-order valence-corrected chi connectivity index (χ1v) is 9.05. The lowest BCUT2D eigenvalue weighted by Crippen LogP contribution is -2.33. The van der Waals surface area contributed by atoms with Crippen molar-refractivity contribution in [1.29, 1.82) is 0 Å². The number of nitrogens with zero attached hydrogens (tertiary/aromatic N) is 1. The first-order valence-electron chi connectivity index (χ1n) is 9.05. The van der Waals surface area contributed by atoms with Gasteiger partial charge in [0.2, 0.25) is 5.91 Å². The third kappa shape index (κ3) is 4.34. The zero-order valence-electron chi connectivity index (χ0n) is 16.0. The summed E-state index contributed by atoms with van der Waals surface area (Å²) >= 11 is 0. The van der Waals surface area contributed by atoms with Crippen LogP contribution in [0.5, 0.6) is 17.2 Å². The van der Waals surface area contributed by atoms with E-state index in [0.717, 1.165) is 36.4 Å². The summed E-state index contributed by atoms with van der Waals surface area (Å²) in [6.45, 7) is 1.17. The van der Waals surface area contributed by atoms with Gasteiger partial charge in [-0.15, -0.1) is 0 Å². The van der Waals surface area contributed by atoms with Crippen molar-refractivity contribution in [3.8, 4) is 17.2 Å². The Morgan fingerprint density at radius 1 is 1.07 bits per heavy atom. The van der Waals surface area contributed by atoms with E-state index in [1.807, 2.05) is 42.5 Å². The van der Waals surface area contributed by atoms with Crippen LogP contribution in [0.25, 0.3) is 0 Å². The van der Waals surface area contributed by atoms with Crippen LogP contribution in [-0.2, 0) is 4.79 Å². The van der Waals surface area contributed by atoms with E-state index in [9.17, 15) is 4.79 Å². The fourth-order valence-corrected chi connectivity index (χ4v) is 3.59. The molecule has 6 heteroatoms. The molecule has 3 rings (SSSR count). The number of carbonyl (C=O) groups excluding carboxylic acids is 1. The number of benzene rings is 2. The van der Waals surface area contributed by atoms with Gasteiger partial charge in [-0.1, -0.05) is 12.1 Å². The molecule has 27 heavy (non-hydrogen) atoms. The number of amides is 1. The minimum absolute atomic E-state index is 0.0618. The number of likely N-dealkylation sites (tertiary alicyclic amines) is 1. The van der Waals surface area contributed by atoms with Gasteiger partial charge in [-0.2, -0.15) is 0 Å². The summed E-state index contributed by atoms with van der Waals surface area (Å²) in [6, 6.07) is 13.3. The average Bonchev–Trinajstić information content (AvgIpc) is 3.15. The lowest BCUT2D eigenvalue weighted by Gasteiger charge is -2.26. The number of methoxy groups -OCH3 is 3. The van der Waals surface area contributed by atoms with Crippen LogP contribution in [0.2, 0.25) is 0 Å². The highest BCUT2D eigenvalue weighted by Gasteiger charge is 2.30. The van der Waals surface area contributed by atoms with Gasteiger partial charge < -0.3 is 19.5 Å². The molecule has 2 aromatic rings. The van der Waals surface area contributed by atoms with E-state index < -0.39 is 0 Å². The molecule has 6 nitrogen and oxygen atoms in total. The van der Waals surface area contributed by atoms with Crippen LogP contribution < -0.4 is 19.5 Å². The van der Waals surface area contributed by atoms with E-state index in [-0.39, 0.29) is 11.9 Å². The van der Waals surface area contributed by atoms with Gasteiger partial charge in [0.25, 0.3) is 0 Å². The lowest BCUT2D eigenvalue weighted by molar-refractivity contribution is -0.117. The van der Waals surface area contributed by atoms with E-state index in [1.54, 1.807) is 21.3 Å². The number of hydrogen-bond donors (Lipinski definition) is 1. The molecule has 1 saturated heterocycles. The number of anilines is 1. The molecule has 1 atom stereocenters. The molecule has 0 aliphatic carbocycles. The number of hydrogen-bond acceptors (Lipinski definition) is 5. The number of ether oxygens (including phenoxy) is 3. The van der Waals surface area contributed by atoms with Crippen LogP contribution >= 0.6 is 0 Å². The summed E-state index contributed by atoms with van der Waals surface area (Å²) < 4.78 is 16.2. The fraction of sp³-hybridized carbons (Fsp3) is 0.381.